The summed E-state index contributed by atoms with van der Waals surface area (Å²) in [6, 6.07) is 21.6. The van der Waals surface area contributed by atoms with Crippen LogP contribution in [-0.2, 0) is 16.6 Å². The fraction of sp³-hybridized carbons (Fsp3) is 0.105. The first-order chi connectivity index (χ1) is 11.1. The first kappa shape index (κ1) is 15.9. The average Bonchev–Trinajstić information content (AvgIpc) is 2.59. The zero-order valence-corrected chi connectivity index (χ0v) is 14.3. The number of halogens is 1. The highest BCUT2D eigenvalue weighted by Gasteiger charge is 2.14. The highest BCUT2D eigenvalue weighted by atomic mass is 35.5. The summed E-state index contributed by atoms with van der Waals surface area (Å²) in [6.45, 7) is 1.93. The van der Waals surface area contributed by atoms with Gasteiger partial charge in [0.15, 0.2) is 0 Å². The minimum atomic E-state index is -1.23. The van der Waals surface area contributed by atoms with E-state index in [4.69, 9.17) is 11.6 Å². The Kier molecular flexibility index (Phi) is 4.89. The van der Waals surface area contributed by atoms with Crippen molar-refractivity contribution in [1.29, 1.82) is 0 Å². The first-order valence-corrected chi connectivity index (χ1v) is 8.99. The molecule has 1 heterocycles. The summed E-state index contributed by atoms with van der Waals surface area (Å²) in [4.78, 5) is 4.32. The Morgan fingerprint density at radius 1 is 1.00 bits per heavy atom. The van der Waals surface area contributed by atoms with Crippen molar-refractivity contribution in [2.75, 3.05) is 0 Å². The minimum Gasteiger partial charge on any atom is -0.252 e. The fourth-order valence-electron chi connectivity index (χ4n) is 2.39. The lowest BCUT2D eigenvalue weighted by molar-refractivity contribution is 0.680. The second-order valence-electron chi connectivity index (χ2n) is 5.27. The van der Waals surface area contributed by atoms with Gasteiger partial charge in [-0.3, -0.25) is 4.21 Å². The van der Waals surface area contributed by atoms with Gasteiger partial charge in [-0.05, 0) is 35.2 Å². The number of aromatic nitrogens is 1. The Bertz CT molecular complexity index is 835. The molecule has 0 aliphatic carbocycles. The molecule has 3 aromatic rings. The van der Waals surface area contributed by atoms with Crippen LogP contribution in [-0.4, -0.2) is 9.19 Å². The quantitative estimate of drug-likeness (QED) is 0.624. The van der Waals surface area contributed by atoms with Crippen molar-refractivity contribution in [3.63, 3.8) is 0 Å². The van der Waals surface area contributed by atoms with Crippen LogP contribution in [0.15, 0.2) is 71.8 Å². The van der Waals surface area contributed by atoms with Gasteiger partial charge in [0.05, 0.1) is 16.6 Å². The second kappa shape index (κ2) is 7.07. The molecule has 0 saturated carbocycles. The van der Waals surface area contributed by atoms with E-state index in [9.17, 15) is 4.21 Å². The summed E-state index contributed by atoms with van der Waals surface area (Å²) in [5.41, 5.74) is 3.94. The smallest absolute Gasteiger partial charge is 0.134 e. The van der Waals surface area contributed by atoms with Gasteiger partial charge in [0.25, 0.3) is 0 Å². The summed E-state index contributed by atoms with van der Waals surface area (Å²) in [6.07, 6.45) is 0. The van der Waals surface area contributed by atoms with Crippen molar-refractivity contribution in [2.45, 2.75) is 17.7 Å². The van der Waals surface area contributed by atoms with E-state index >= 15 is 0 Å². The van der Waals surface area contributed by atoms with Gasteiger partial charge in [-0.15, -0.1) is 0 Å². The maximum atomic E-state index is 12.7. The average molecular weight is 342 g/mol. The lowest BCUT2D eigenvalue weighted by atomic mass is 10.0. The van der Waals surface area contributed by atoms with Gasteiger partial charge in [-0.25, -0.2) is 4.98 Å². The van der Waals surface area contributed by atoms with Crippen LogP contribution >= 0.6 is 11.6 Å². The molecule has 0 aliphatic rings. The molecule has 3 rings (SSSR count). The summed E-state index contributed by atoms with van der Waals surface area (Å²) in [5, 5.41) is 0.922. The SMILES string of the molecule is Cc1c(-c2ccccc2)cc(S(=O)Cc2ccccc2)nc1Cl. The van der Waals surface area contributed by atoms with Crippen LogP contribution in [0.1, 0.15) is 11.1 Å². The lowest BCUT2D eigenvalue weighted by Gasteiger charge is -2.10. The molecule has 0 aliphatic heterocycles. The predicted octanol–water partition coefficient (Wildman–Crippen LogP) is 5.02. The van der Waals surface area contributed by atoms with Crippen LogP contribution in [0.3, 0.4) is 0 Å². The Balaban J connectivity index is 1.97. The third kappa shape index (κ3) is 3.69. The summed E-state index contributed by atoms with van der Waals surface area (Å²) < 4.78 is 12.7. The first-order valence-electron chi connectivity index (χ1n) is 7.30. The van der Waals surface area contributed by atoms with Crippen molar-refractivity contribution >= 4 is 22.4 Å². The van der Waals surface area contributed by atoms with Gasteiger partial charge in [0.1, 0.15) is 10.2 Å². The van der Waals surface area contributed by atoms with E-state index in [2.05, 4.69) is 4.98 Å². The van der Waals surface area contributed by atoms with Gasteiger partial charge in [-0.1, -0.05) is 72.3 Å². The summed E-state index contributed by atoms with van der Waals surface area (Å²) >= 11 is 6.27. The number of nitrogens with zero attached hydrogens (tertiary/aromatic N) is 1. The molecule has 0 bridgehead atoms. The third-order valence-corrected chi connectivity index (χ3v) is 5.29. The zero-order chi connectivity index (χ0) is 16.2. The standard InChI is InChI=1S/C19H16ClNOS/c1-14-17(16-10-6-3-7-11-16)12-18(21-19(14)20)23(22)13-15-8-4-2-5-9-15/h2-12H,13H2,1H3. The number of pyridine rings is 1. The Labute approximate surface area is 143 Å². The van der Waals surface area contributed by atoms with E-state index in [1.807, 2.05) is 73.7 Å². The molecule has 0 N–H and O–H groups in total. The van der Waals surface area contributed by atoms with E-state index in [0.29, 0.717) is 15.9 Å². The summed E-state index contributed by atoms with van der Waals surface area (Å²) in [5.74, 6) is 0.432. The van der Waals surface area contributed by atoms with Crippen molar-refractivity contribution < 1.29 is 4.21 Å². The molecule has 0 amide bonds. The number of hydrogen-bond acceptors (Lipinski definition) is 2. The largest absolute Gasteiger partial charge is 0.252 e. The molecule has 2 nitrogen and oxygen atoms in total. The van der Waals surface area contributed by atoms with Gasteiger partial charge in [0.2, 0.25) is 0 Å². The van der Waals surface area contributed by atoms with Gasteiger partial charge >= 0.3 is 0 Å². The lowest BCUT2D eigenvalue weighted by Crippen LogP contribution is -2.01. The highest BCUT2D eigenvalue weighted by Crippen LogP contribution is 2.29. The van der Waals surface area contributed by atoms with Crippen molar-refractivity contribution in [3.8, 4) is 11.1 Å². The Morgan fingerprint density at radius 3 is 2.26 bits per heavy atom. The van der Waals surface area contributed by atoms with E-state index in [1.165, 1.54) is 0 Å². The Hall–Kier alpha value is -1.97. The number of rotatable bonds is 4. The van der Waals surface area contributed by atoms with Gasteiger partial charge in [0, 0.05) is 0 Å². The minimum absolute atomic E-state index is 0.405. The molecular formula is C19H16ClNOS. The van der Waals surface area contributed by atoms with Crippen molar-refractivity contribution in [3.05, 3.63) is 83.0 Å². The van der Waals surface area contributed by atoms with E-state index in [0.717, 1.165) is 22.3 Å². The predicted molar refractivity (Wildman–Crippen MR) is 96.0 cm³/mol. The van der Waals surface area contributed by atoms with E-state index in [1.54, 1.807) is 0 Å². The van der Waals surface area contributed by atoms with Gasteiger partial charge < -0.3 is 0 Å². The van der Waals surface area contributed by atoms with Crippen LogP contribution < -0.4 is 0 Å². The molecule has 0 spiro atoms. The van der Waals surface area contributed by atoms with Crippen LogP contribution in [0.5, 0.6) is 0 Å². The second-order valence-corrected chi connectivity index (χ2v) is 7.02. The number of hydrogen-bond donors (Lipinski definition) is 0. The van der Waals surface area contributed by atoms with Crippen LogP contribution in [0.2, 0.25) is 5.15 Å². The molecule has 23 heavy (non-hydrogen) atoms. The van der Waals surface area contributed by atoms with E-state index in [-0.39, 0.29) is 0 Å². The molecule has 0 saturated heterocycles. The topological polar surface area (TPSA) is 30.0 Å². The molecule has 116 valence electrons. The molecular weight excluding hydrogens is 326 g/mol. The molecule has 1 unspecified atom stereocenters. The normalized spacial score (nSPS) is 12.1. The van der Waals surface area contributed by atoms with Crippen molar-refractivity contribution in [2.24, 2.45) is 0 Å². The fourth-order valence-corrected chi connectivity index (χ4v) is 3.72. The maximum absolute atomic E-state index is 12.7. The highest BCUT2D eigenvalue weighted by molar-refractivity contribution is 7.84. The number of benzene rings is 2. The van der Waals surface area contributed by atoms with Crippen molar-refractivity contribution in [1.82, 2.24) is 4.98 Å². The molecule has 0 radical (unpaired) electrons. The molecule has 0 fully saturated rings. The van der Waals surface area contributed by atoms with Crippen LogP contribution in [0.25, 0.3) is 11.1 Å². The van der Waals surface area contributed by atoms with Crippen LogP contribution in [0.4, 0.5) is 0 Å². The van der Waals surface area contributed by atoms with Gasteiger partial charge in [-0.2, -0.15) is 0 Å². The molecule has 4 heteroatoms. The molecule has 1 aromatic heterocycles. The van der Waals surface area contributed by atoms with Crippen LogP contribution in [0, 0.1) is 6.92 Å². The zero-order valence-electron chi connectivity index (χ0n) is 12.7. The third-order valence-electron chi connectivity index (χ3n) is 3.65. The van der Waals surface area contributed by atoms with E-state index < -0.39 is 10.8 Å². The maximum Gasteiger partial charge on any atom is 0.134 e. The monoisotopic (exact) mass is 341 g/mol. The summed E-state index contributed by atoms with van der Waals surface area (Å²) in [7, 11) is -1.23. The molecule has 1 atom stereocenters. The molecule has 2 aromatic carbocycles. The Morgan fingerprint density at radius 2 is 1.61 bits per heavy atom.